The van der Waals surface area contributed by atoms with E-state index in [0.717, 1.165) is 25.1 Å². The highest BCUT2D eigenvalue weighted by atomic mass is 16.5. The largest absolute Gasteiger partial charge is 0.489 e. The van der Waals surface area contributed by atoms with Gasteiger partial charge in [-0.05, 0) is 45.2 Å². The fourth-order valence-corrected chi connectivity index (χ4v) is 1.71. The first-order chi connectivity index (χ1) is 8.48. The van der Waals surface area contributed by atoms with Crippen LogP contribution in [0.1, 0.15) is 46.6 Å². The molecule has 1 unspecified atom stereocenters. The Balaban J connectivity index is 2.52. The lowest BCUT2D eigenvalue weighted by Crippen LogP contribution is -2.43. The molecular formula is C16H27NO. The highest BCUT2D eigenvalue weighted by molar-refractivity contribution is 5.33. The molecule has 0 aliphatic carbocycles. The highest BCUT2D eigenvalue weighted by Gasteiger charge is 2.16. The van der Waals surface area contributed by atoms with Crippen LogP contribution in [0.4, 0.5) is 0 Å². The number of aryl methyl sites for hydroxylation is 1. The fraction of sp³-hybridized carbons (Fsp3) is 0.625. The van der Waals surface area contributed by atoms with Crippen LogP contribution in [0.3, 0.4) is 0 Å². The molecule has 0 fully saturated rings. The van der Waals surface area contributed by atoms with E-state index in [-0.39, 0.29) is 11.6 Å². The first-order valence-electron chi connectivity index (χ1n) is 6.98. The van der Waals surface area contributed by atoms with Gasteiger partial charge in [-0.15, -0.1) is 0 Å². The molecule has 2 nitrogen and oxygen atoms in total. The molecule has 0 aliphatic heterocycles. The van der Waals surface area contributed by atoms with Gasteiger partial charge in [0, 0.05) is 12.1 Å². The van der Waals surface area contributed by atoms with Gasteiger partial charge in [0.1, 0.15) is 11.9 Å². The predicted molar refractivity (Wildman–Crippen MR) is 78.3 cm³/mol. The second kappa shape index (κ2) is 6.79. The van der Waals surface area contributed by atoms with E-state index in [2.05, 4.69) is 58.1 Å². The SMILES string of the molecule is CCc1ccccc1OC(C)CNC(C)(C)CC. The van der Waals surface area contributed by atoms with Gasteiger partial charge in [-0.1, -0.05) is 32.0 Å². The molecule has 0 aromatic heterocycles. The Kier molecular flexibility index (Phi) is 5.67. The second-order valence-corrected chi connectivity index (χ2v) is 5.51. The Bertz CT molecular complexity index is 360. The maximum atomic E-state index is 6.01. The van der Waals surface area contributed by atoms with Gasteiger partial charge in [0.05, 0.1) is 0 Å². The predicted octanol–water partition coefficient (Wildman–Crippen LogP) is 3.79. The van der Waals surface area contributed by atoms with Crippen molar-refractivity contribution in [2.24, 2.45) is 0 Å². The third-order valence-electron chi connectivity index (χ3n) is 3.43. The van der Waals surface area contributed by atoms with Crippen LogP contribution in [-0.2, 0) is 6.42 Å². The summed E-state index contributed by atoms with van der Waals surface area (Å²) in [6.07, 6.45) is 2.31. The Labute approximate surface area is 112 Å². The molecule has 0 saturated heterocycles. The number of benzene rings is 1. The maximum absolute atomic E-state index is 6.01. The zero-order valence-electron chi connectivity index (χ0n) is 12.4. The number of hydrogen-bond donors (Lipinski definition) is 1. The lowest BCUT2D eigenvalue weighted by atomic mass is 10.0. The first kappa shape index (κ1) is 15.0. The van der Waals surface area contributed by atoms with Crippen LogP contribution >= 0.6 is 0 Å². The van der Waals surface area contributed by atoms with Crippen LogP contribution in [0.2, 0.25) is 0 Å². The normalized spacial score (nSPS) is 13.4. The molecule has 1 N–H and O–H groups in total. The van der Waals surface area contributed by atoms with Crippen molar-refractivity contribution in [2.75, 3.05) is 6.54 Å². The monoisotopic (exact) mass is 249 g/mol. The summed E-state index contributed by atoms with van der Waals surface area (Å²) < 4.78 is 6.01. The molecule has 1 atom stereocenters. The second-order valence-electron chi connectivity index (χ2n) is 5.51. The fourth-order valence-electron chi connectivity index (χ4n) is 1.71. The van der Waals surface area contributed by atoms with Crippen molar-refractivity contribution in [3.63, 3.8) is 0 Å². The molecule has 1 aromatic carbocycles. The van der Waals surface area contributed by atoms with Crippen LogP contribution in [0.5, 0.6) is 5.75 Å². The number of hydrogen-bond acceptors (Lipinski definition) is 2. The summed E-state index contributed by atoms with van der Waals surface area (Å²) in [5.74, 6) is 1.02. The molecule has 0 radical (unpaired) electrons. The van der Waals surface area contributed by atoms with E-state index in [1.807, 2.05) is 6.07 Å². The van der Waals surface area contributed by atoms with Crippen molar-refractivity contribution in [2.45, 2.75) is 59.1 Å². The minimum Gasteiger partial charge on any atom is -0.489 e. The topological polar surface area (TPSA) is 21.3 Å². The highest BCUT2D eigenvalue weighted by Crippen LogP contribution is 2.19. The van der Waals surface area contributed by atoms with E-state index in [0.29, 0.717) is 0 Å². The zero-order chi connectivity index (χ0) is 13.6. The lowest BCUT2D eigenvalue weighted by Gasteiger charge is -2.27. The van der Waals surface area contributed by atoms with Crippen LogP contribution in [0.15, 0.2) is 24.3 Å². The summed E-state index contributed by atoms with van der Waals surface area (Å²) in [7, 11) is 0. The van der Waals surface area contributed by atoms with E-state index < -0.39 is 0 Å². The van der Waals surface area contributed by atoms with Gasteiger partial charge >= 0.3 is 0 Å². The van der Waals surface area contributed by atoms with E-state index in [9.17, 15) is 0 Å². The van der Waals surface area contributed by atoms with Gasteiger partial charge in [-0.2, -0.15) is 0 Å². The quantitative estimate of drug-likeness (QED) is 0.793. The van der Waals surface area contributed by atoms with E-state index in [1.165, 1.54) is 5.56 Å². The van der Waals surface area contributed by atoms with Crippen molar-refractivity contribution in [3.8, 4) is 5.75 Å². The Morgan fingerprint density at radius 2 is 1.89 bits per heavy atom. The van der Waals surface area contributed by atoms with Gasteiger partial charge in [0.25, 0.3) is 0 Å². The van der Waals surface area contributed by atoms with Gasteiger partial charge in [-0.3, -0.25) is 0 Å². The van der Waals surface area contributed by atoms with Gasteiger partial charge in [0.2, 0.25) is 0 Å². The van der Waals surface area contributed by atoms with Crippen LogP contribution in [0.25, 0.3) is 0 Å². The Morgan fingerprint density at radius 1 is 1.22 bits per heavy atom. The molecule has 0 bridgehead atoms. The standard InChI is InChI=1S/C16H27NO/c1-6-14-10-8-9-11-15(14)18-13(3)12-17-16(4,5)7-2/h8-11,13,17H,6-7,12H2,1-5H3. The zero-order valence-corrected chi connectivity index (χ0v) is 12.4. The molecule has 0 aliphatic rings. The third kappa shape index (κ3) is 4.69. The minimum atomic E-state index is 0.182. The summed E-state index contributed by atoms with van der Waals surface area (Å²) in [6, 6.07) is 8.28. The molecular weight excluding hydrogens is 222 g/mol. The molecule has 0 saturated carbocycles. The Hall–Kier alpha value is -1.02. The summed E-state index contributed by atoms with van der Waals surface area (Å²) in [5, 5.41) is 3.54. The average molecular weight is 249 g/mol. The van der Waals surface area contributed by atoms with Crippen molar-refractivity contribution in [1.29, 1.82) is 0 Å². The first-order valence-corrected chi connectivity index (χ1v) is 6.98. The average Bonchev–Trinajstić information content (AvgIpc) is 2.37. The molecule has 1 aromatic rings. The third-order valence-corrected chi connectivity index (χ3v) is 3.43. The van der Waals surface area contributed by atoms with Crippen molar-refractivity contribution < 1.29 is 4.74 Å². The number of rotatable bonds is 7. The molecule has 0 heterocycles. The van der Waals surface area contributed by atoms with E-state index >= 15 is 0 Å². The van der Waals surface area contributed by atoms with Gasteiger partial charge in [-0.25, -0.2) is 0 Å². The van der Waals surface area contributed by atoms with Crippen molar-refractivity contribution >= 4 is 0 Å². The summed E-state index contributed by atoms with van der Waals surface area (Å²) in [4.78, 5) is 0. The summed E-state index contributed by atoms with van der Waals surface area (Å²) in [5.41, 5.74) is 1.46. The summed E-state index contributed by atoms with van der Waals surface area (Å²) >= 11 is 0. The van der Waals surface area contributed by atoms with Crippen LogP contribution in [-0.4, -0.2) is 18.2 Å². The lowest BCUT2D eigenvalue weighted by molar-refractivity contribution is 0.197. The van der Waals surface area contributed by atoms with Crippen molar-refractivity contribution in [1.82, 2.24) is 5.32 Å². The van der Waals surface area contributed by atoms with Crippen LogP contribution in [0, 0.1) is 0 Å². The van der Waals surface area contributed by atoms with Gasteiger partial charge < -0.3 is 10.1 Å². The molecule has 102 valence electrons. The molecule has 18 heavy (non-hydrogen) atoms. The molecule has 2 heteroatoms. The number of ether oxygens (including phenoxy) is 1. The minimum absolute atomic E-state index is 0.182. The maximum Gasteiger partial charge on any atom is 0.122 e. The smallest absolute Gasteiger partial charge is 0.122 e. The van der Waals surface area contributed by atoms with E-state index in [4.69, 9.17) is 4.74 Å². The van der Waals surface area contributed by atoms with Crippen molar-refractivity contribution in [3.05, 3.63) is 29.8 Å². The van der Waals surface area contributed by atoms with E-state index in [1.54, 1.807) is 0 Å². The Morgan fingerprint density at radius 3 is 2.50 bits per heavy atom. The number of nitrogens with one attached hydrogen (secondary N) is 1. The van der Waals surface area contributed by atoms with Gasteiger partial charge in [0.15, 0.2) is 0 Å². The molecule has 0 spiro atoms. The van der Waals surface area contributed by atoms with Crippen LogP contribution < -0.4 is 10.1 Å². The summed E-state index contributed by atoms with van der Waals surface area (Å²) in [6.45, 7) is 11.8. The number of para-hydroxylation sites is 1. The molecule has 0 amide bonds. The molecule has 1 rings (SSSR count).